The van der Waals surface area contributed by atoms with E-state index in [0.29, 0.717) is 26.2 Å². The van der Waals surface area contributed by atoms with E-state index in [1.165, 1.54) is 61.0 Å². The van der Waals surface area contributed by atoms with Crippen LogP contribution < -0.4 is 10.2 Å². The van der Waals surface area contributed by atoms with Crippen molar-refractivity contribution in [1.29, 1.82) is 0 Å². The first kappa shape index (κ1) is 27.3. The molecule has 4 aliphatic carbocycles. The Labute approximate surface area is 237 Å². The monoisotopic (exact) mass is 565 g/mol. The molecule has 4 saturated carbocycles. The fourth-order valence-electron chi connectivity index (χ4n) is 8.12. The molecule has 1 atom stereocenters. The second kappa shape index (κ2) is 10.8. The number of esters is 1. The molecule has 8 nitrogen and oxygen atoms in total. The summed E-state index contributed by atoms with van der Waals surface area (Å²) in [5.41, 5.74) is 1.36. The van der Waals surface area contributed by atoms with Gasteiger partial charge >= 0.3 is 5.97 Å². The van der Waals surface area contributed by atoms with Crippen LogP contribution in [0.25, 0.3) is 0 Å². The van der Waals surface area contributed by atoms with Gasteiger partial charge in [0.25, 0.3) is 5.91 Å². The third-order valence-electron chi connectivity index (χ3n) is 9.78. The molecule has 9 heteroatoms. The Morgan fingerprint density at radius 3 is 2.17 bits per heavy atom. The summed E-state index contributed by atoms with van der Waals surface area (Å²) >= 11 is 0. The summed E-state index contributed by atoms with van der Waals surface area (Å²) in [7, 11) is -3.77. The lowest BCUT2D eigenvalue weighted by Gasteiger charge is -2.59. The van der Waals surface area contributed by atoms with Gasteiger partial charge < -0.3 is 15.0 Å². The lowest BCUT2D eigenvalue weighted by Crippen LogP contribution is -2.56. The number of sulfonamides is 1. The van der Waals surface area contributed by atoms with Crippen molar-refractivity contribution in [3.63, 3.8) is 0 Å². The number of hydrogen-bond acceptors (Lipinski definition) is 6. The van der Waals surface area contributed by atoms with Crippen LogP contribution in [0.15, 0.2) is 59.5 Å². The highest BCUT2D eigenvalue weighted by atomic mass is 32.2. The highest BCUT2D eigenvalue weighted by Crippen LogP contribution is 2.61. The molecule has 2 aromatic carbocycles. The molecular formula is C31H39N3O5S. The lowest BCUT2D eigenvalue weighted by atomic mass is 9.48. The maximum atomic E-state index is 13.3. The molecule has 0 aromatic heterocycles. The Morgan fingerprint density at radius 2 is 1.55 bits per heavy atom. The molecule has 7 rings (SSSR count). The summed E-state index contributed by atoms with van der Waals surface area (Å²) in [6, 6.07) is 15.9. The molecule has 1 amide bonds. The zero-order valence-corrected chi connectivity index (χ0v) is 23.9. The molecule has 0 radical (unpaired) electrons. The number of hydrogen-bond donors (Lipinski definition) is 1. The van der Waals surface area contributed by atoms with Gasteiger partial charge in [-0.25, -0.2) is 13.2 Å². The van der Waals surface area contributed by atoms with Gasteiger partial charge in [0.2, 0.25) is 10.0 Å². The van der Waals surface area contributed by atoms with Crippen molar-refractivity contribution in [3.05, 3.63) is 60.2 Å². The largest absolute Gasteiger partial charge is 0.452 e. The molecule has 1 unspecified atom stereocenters. The van der Waals surface area contributed by atoms with Gasteiger partial charge in [0.1, 0.15) is 0 Å². The van der Waals surface area contributed by atoms with Crippen LogP contribution in [0.1, 0.15) is 55.8 Å². The number of piperazine rings is 1. The molecule has 1 heterocycles. The molecule has 1 saturated heterocycles. The maximum absolute atomic E-state index is 13.3. The Morgan fingerprint density at radius 1 is 0.925 bits per heavy atom. The number of rotatable bonds is 8. The first-order valence-electron chi connectivity index (χ1n) is 14.6. The number of nitrogens with one attached hydrogen (secondary N) is 1. The Balaban J connectivity index is 1.03. The van der Waals surface area contributed by atoms with Gasteiger partial charge in [-0.05, 0) is 98.9 Å². The lowest BCUT2D eigenvalue weighted by molar-refractivity contribution is -0.128. The van der Waals surface area contributed by atoms with E-state index in [1.807, 2.05) is 30.3 Å². The third kappa shape index (κ3) is 5.38. The van der Waals surface area contributed by atoms with E-state index in [9.17, 15) is 18.0 Å². The highest BCUT2D eigenvalue weighted by Gasteiger charge is 2.53. The van der Waals surface area contributed by atoms with Gasteiger partial charge in [0.15, 0.2) is 6.61 Å². The maximum Gasteiger partial charge on any atom is 0.338 e. The number of carbonyl (C=O) groups is 2. The fraction of sp³-hybridized carbons (Fsp3) is 0.548. The van der Waals surface area contributed by atoms with Crippen molar-refractivity contribution in [2.75, 3.05) is 37.7 Å². The van der Waals surface area contributed by atoms with E-state index in [4.69, 9.17) is 4.74 Å². The summed E-state index contributed by atoms with van der Waals surface area (Å²) in [6.07, 6.45) is 7.58. The van der Waals surface area contributed by atoms with E-state index < -0.39 is 16.0 Å². The van der Waals surface area contributed by atoms with Gasteiger partial charge in [-0.2, -0.15) is 4.31 Å². The van der Waals surface area contributed by atoms with Crippen LogP contribution >= 0.6 is 0 Å². The van der Waals surface area contributed by atoms with E-state index >= 15 is 0 Å². The van der Waals surface area contributed by atoms with E-state index in [2.05, 4.69) is 17.1 Å². The predicted octanol–water partition coefficient (Wildman–Crippen LogP) is 4.08. The minimum absolute atomic E-state index is 0.0444. The zero-order chi connectivity index (χ0) is 27.9. The average Bonchev–Trinajstić information content (AvgIpc) is 2.96. The van der Waals surface area contributed by atoms with Gasteiger partial charge in [0.05, 0.1) is 10.5 Å². The Hall–Kier alpha value is -2.91. The Bertz CT molecular complexity index is 1320. The van der Waals surface area contributed by atoms with Gasteiger partial charge in [-0.1, -0.05) is 24.3 Å². The summed E-state index contributed by atoms with van der Waals surface area (Å²) in [5.74, 6) is 1.36. The number of para-hydroxylation sites is 1. The average molecular weight is 566 g/mol. The number of ether oxygens (including phenoxy) is 1. The number of amides is 1. The standard InChI is InChI=1S/C31H39N3O5S/c1-22(31-18-23-14-24(19-31)16-25(15-23)20-31)32-29(35)21-39-30(36)26-6-5-9-28(17-26)40(37,38)34-12-10-33(11-13-34)27-7-3-2-4-8-27/h2-9,17,22-25H,10-16,18-21H2,1H3,(H,32,35). The first-order valence-corrected chi connectivity index (χ1v) is 16.0. The van der Waals surface area contributed by atoms with Crippen molar-refractivity contribution >= 4 is 27.6 Å². The van der Waals surface area contributed by atoms with Gasteiger partial charge in [-0.3, -0.25) is 4.79 Å². The molecule has 2 aromatic rings. The molecular weight excluding hydrogens is 526 g/mol. The first-order chi connectivity index (χ1) is 19.2. The van der Waals surface area contributed by atoms with Crippen LogP contribution in [0.5, 0.6) is 0 Å². The molecule has 4 bridgehead atoms. The van der Waals surface area contributed by atoms with Crippen molar-refractivity contribution < 1.29 is 22.7 Å². The molecule has 1 N–H and O–H groups in total. The molecule has 0 spiro atoms. The van der Waals surface area contributed by atoms with Crippen LogP contribution in [0.2, 0.25) is 0 Å². The molecule has 5 aliphatic rings. The number of anilines is 1. The van der Waals surface area contributed by atoms with E-state index in [-0.39, 0.29) is 34.4 Å². The zero-order valence-electron chi connectivity index (χ0n) is 23.1. The quantitative estimate of drug-likeness (QED) is 0.485. The van der Waals surface area contributed by atoms with Crippen molar-refractivity contribution in [2.45, 2.75) is 56.4 Å². The smallest absolute Gasteiger partial charge is 0.338 e. The predicted molar refractivity (Wildman–Crippen MR) is 152 cm³/mol. The molecule has 1 aliphatic heterocycles. The summed E-state index contributed by atoms with van der Waals surface area (Å²) < 4.78 is 33.5. The SMILES string of the molecule is CC(NC(=O)COC(=O)c1cccc(S(=O)(=O)N2CCN(c3ccccc3)CC2)c1)C12CC3CC(CC(C3)C1)C2. The fourth-order valence-corrected chi connectivity index (χ4v) is 9.59. The minimum Gasteiger partial charge on any atom is -0.452 e. The second-order valence-electron chi connectivity index (χ2n) is 12.4. The topological polar surface area (TPSA) is 96.0 Å². The van der Waals surface area contributed by atoms with Crippen LogP contribution in [0.4, 0.5) is 5.69 Å². The highest BCUT2D eigenvalue weighted by molar-refractivity contribution is 7.89. The molecule has 214 valence electrons. The number of benzene rings is 2. The van der Waals surface area contributed by atoms with Crippen molar-refractivity contribution in [2.24, 2.45) is 23.2 Å². The van der Waals surface area contributed by atoms with Crippen molar-refractivity contribution in [1.82, 2.24) is 9.62 Å². The summed E-state index contributed by atoms with van der Waals surface area (Å²) in [4.78, 5) is 27.8. The van der Waals surface area contributed by atoms with Crippen LogP contribution in [-0.4, -0.2) is 63.4 Å². The number of nitrogens with zero attached hydrogens (tertiary/aromatic N) is 2. The van der Waals surface area contributed by atoms with Crippen LogP contribution in [0.3, 0.4) is 0 Å². The number of carbonyl (C=O) groups excluding carboxylic acids is 2. The van der Waals surface area contributed by atoms with E-state index in [0.717, 1.165) is 23.4 Å². The van der Waals surface area contributed by atoms with Gasteiger partial charge in [-0.15, -0.1) is 0 Å². The second-order valence-corrected chi connectivity index (χ2v) is 14.3. The normalized spacial score (nSPS) is 28.7. The molecule has 40 heavy (non-hydrogen) atoms. The van der Waals surface area contributed by atoms with Gasteiger partial charge in [0, 0.05) is 37.9 Å². The van der Waals surface area contributed by atoms with Crippen LogP contribution in [0, 0.1) is 23.2 Å². The minimum atomic E-state index is -3.77. The van der Waals surface area contributed by atoms with Crippen LogP contribution in [-0.2, 0) is 19.6 Å². The van der Waals surface area contributed by atoms with E-state index in [1.54, 1.807) is 6.07 Å². The molecule has 5 fully saturated rings. The summed E-state index contributed by atoms with van der Waals surface area (Å²) in [5, 5.41) is 3.12. The van der Waals surface area contributed by atoms with Crippen molar-refractivity contribution in [3.8, 4) is 0 Å². The third-order valence-corrected chi connectivity index (χ3v) is 11.7. The summed E-state index contributed by atoms with van der Waals surface area (Å²) in [6.45, 7) is 3.60. The Kier molecular flexibility index (Phi) is 7.38.